The molecule has 2 aliphatic rings. The molecule has 1 aromatic carbocycles. The first-order valence-electron chi connectivity index (χ1n) is 8.40. The van der Waals surface area contributed by atoms with Crippen molar-refractivity contribution >= 4 is 11.9 Å². The number of phenols is 1. The smallest absolute Gasteiger partial charge is 0.309 e. The lowest BCUT2D eigenvalue weighted by Gasteiger charge is -2.35. The zero-order valence-electron chi connectivity index (χ0n) is 13.8. The number of rotatable bonds is 3. The Labute approximate surface area is 141 Å². The SMILES string of the molecule is Cc1ccc(C(=O)N2CCC([C@@H]3OCC[C@@H]3C(=O)O)CC2)c(O)c1. The van der Waals surface area contributed by atoms with Crippen LogP contribution in [0.1, 0.15) is 35.2 Å². The number of piperidine rings is 1. The van der Waals surface area contributed by atoms with E-state index in [0.29, 0.717) is 31.7 Å². The maximum absolute atomic E-state index is 12.6. The molecule has 2 N–H and O–H groups in total. The Hall–Kier alpha value is -2.08. The van der Waals surface area contributed by atoms with E-state index in [1.165, 1.54) is 0 Å². The largest absolute Gasteiger partial charge is 0.507 e. The van der Waals surface area contributed by atoms with Crippen LogP contribution in [-0.2, 0) is 9.53 Å². The first-order valence-corrected chi connectivity index (χ1v) is 8.40. The van der Waals surface area contributed by atoms with Gasteiger partial charge in [0.15, 0.2) is 0 Å². The standard InChI is InChI=1S/C18H23NO5/c1-11-2-3-13(15(20)10-11)17(21)19-7-4-12(5-8-19)16-14(18(22)23)6-9-24-16/h2-3,10,12,14,16,20H,4-9H2,1H3,(H,22,23)/t14-,16-/m0/s1. The van der Waals surface area contributed by atoms with E-state index in [1.54, 1.807) is 17.0 Å². The molecule has 0 saturated carbocycles. The summed E-state index contributed by atoms with van der Waals surface area (Å²) in [5, 5.41) is 19.3. The molecule has 130 valence electrons. The molecule has 2 fully saturated rings. The number of likely N-dealkylation sites (tertiary alicyclic amines) is 1. The number of aryl methyl sites for hydroxylation is 1. The van der Waals surface area contributed by atoms with Gasteiger partial charge in [-0.1, -0.05) is 6.07 Å². The average Bonchev–Trinajstić information content (AvgIpc) is 3.04. The fourth-order valence-corrected chi connectivity index (χ4v) is 3.76. The first kappa shape index (κ1) is 16.8. The molecule has 0 spiro atoms. The van der Waals surface area contributed by atoms with Crippen molar-refractivity contribution in [3.8, 4) is 5.75 Å². The van der Waals surface area contributed by atoms with Gasteiger partial charge in [0.25, 0.3) is 5.91 Å². The normalized spacial score (nSPS) is 25.0. The molecule has 0 aromatic heterocycles. The van der Waals surface area contributed by atoms with Gasteiger partial charge in [-0.2, -0.15) is 0 Å². The van der Waals surface area contributed by atoms with Gasteiger partial charge in [-0.25, -0.2) is 0 Å². The second-order valence-electron chi connectivity index (χ2n) is 6.72. The summed E-state index contributed by atoms with van der Waals surface area (Å²) in [4.78, 5) is 25.6. The van der Waals surface area contributed by atoms with Gasteiger partial charge in [-0.15, -0.1) is 0 Å². The van der Waals surface area contributed by atoms with Crippen molar-refractivity contribution in [2.45, 2.75) is 32.3 Å². The number of aliphatic carboxylic acids is 1. The van der Waals surface area contributed by atoms with E-state index in [9.17, 15) is 19.8 Å². The number of hydrogen-bond acceptors (Lipinski definition) is 4. The molecular weight excluding hydrogens is 310 g/mol. The summed E-state index contributed by atoms with van der Waals surface area (Å²) in [6.45, 7) is 3.48. The predicted octanol–water partition coefficient (Wildman–Crippen LogP) is 2.04. The van der Waals surface area contributed by atoms with E-state index in [-0.39, 0.29) is 23.7 Å². The summed E-state index contributed by atoms with van der Waals surface area (Å²) in [6, 6.07) is 5.05. The summed E-state index contributed by atoms with van der Waals surface area (Å²) < 4.78 is 5.65. The van der Waals surface area contributed by atoms with Crippen LogP contribution in [0, 0.1) is 18.8 Å². The molecule has 2 saturated heterocycles. The summed E-state index contributed by atoms with van der Waals surface area (Å²) in [5.41, 5.74) is 1.22. The van der Waals surface area contributed by atoms with Gasteiger partial charge in [0.2, 0.25) is 0 Å². The van der Waals surface area contributed by atoms with Gasteiger partial charge >= 0.3 is 5.97 Å². The highest BCUT2D eigenvalue weighted by Crippen LogP contribution is 2.34. The lowest BCUT2D eigenvalue weighted by atomic mass is 9.84. The van der Waals surface area contributed by atoms with Crippen LogP contribution in [0.3, 0.4) is 0 Å². The quantitative estimate of drug-likeness (QED) is 0.884. The number of amides is 1. The molecule has 0 unspecified atom stereocenters. The van der Waals surface area contributed by atoms with E-state index in [0.717, 1.165) is 18.4 Å². The van der Waals surface area contributed by atoms with E-state index < -0.39 is 11.9 Å². The van der Waals surface area contributed by atoms with E-state index in [1.807, 2.05) is 13.0 Å². The van der Waals surface area contributed by atoms with Crippen LogP contribution >= 0.6 is 0 Å². The number of benzene rings is 1. The van der Waals surface area contributed by atoms with Gasteiger partial charge in [-0.05, 0) is 49.8 Å². The molecule has 2 heterocycles. The molecule has 6 nitrogen and oxygen atoms in total. The molecule has 3 rings (SSSR count). The number of ether oxygens (including phenoxy) is 1. The summed E-state index contributed by atoms with van der Waals surface area (Å²) in [7, 11) is 0. The number of carbonyl (C=O) groups is 2. The third-order valence-electron chi connectivity index (χ3n) is 5.13. The van der Waals surface area contributed by atoms with Crippen molar-refractivity contribution in [3.05, 3.63) is 29.3 Å². The van der Waals surface area contributed by atoms with Crippen LogP contribution in [-0.4, -0.2) is 52.8 Å². The maximum Gasteiger partial charge on any atom is 0.309 e. The van der Waals surface area contributed by atoms with Crippen molar-refractivity contribution in [1.82, 2.24) is 4.90 Å². The van der Waals surface area contributed by atoms with Crippen LogP contribution in [0.2, 0.25) is 0 Å². The molecule has 2 atom stereocenters. The Bertz CT molecular complexity index is 636. The van der Waals surface area contributed by atoms with Gasteiger partial charge < -0.3 is 19.8 Å². The highest BCUT2D eigenvalue weighted by atomic mass is 16.5. The fraction of sp³-hybridized carbons (Fsp3) is 0.556. The van der Waals surface area contributed by atoms with E-state index >= 15 is 0 Å². The molecule has 0 aliphatic carbocycles. The topological polar surface area (TPSA) is 87.1 Å². The second-order valence-corrected chi connectivity index (χ2v) is 6.72. The molecule has 1 aromatic rings. The minimum atomic E-state index is -0.791. The zero-order valence-corrected chi connectivity index (χ0v) is 13.8. The van der Waals surface area contributed by atoms with Gasteiger partial charge in [0, 0.05) is 19.7 Å². The Morgan fingerprint density at radius 3 is 2.54 bits per heavy atom. The van der Waals surface area contributed by atoms with E-state index in [2.05, 4.69) is 0 Å². The Morgan fingerprint density at radius 2 is 1.92 bits per heavy atom. The minimum Gasteiger partial charge on any atom is -0.507 e. The summed E-state index contributed by atoms with van der Waals surface area (Å²) >= 11 is 0. The third kappa shape index (κ3) is 3.24. The lowest BCUT2D eigenvalue weighted by molar-refractivity contribution is -0.145. The third-order valence-corrected chi connectivity index (χ3v) is 5.13. The molecule has 0 bridgehead atoms. The van der Waals surface area contributed by atoms with Gasteiger partial charge in [-0.3, -0.25) is 9.59 Å². The number of hydrogen-bond donors (Lipinski definition) is 2. The highest BCUT2D eigenvalue weighted by molar-refractivity contribution is 5.97. The fourth-order valence-electron chi connectivity index (χ4n) is 3.76. The summed E-state index contributed by atoms with van der Waals surface area (Å²) in [5.74, 6) is -1.22. The average molecular weight is 333 g/mol. The maximum atomic E-state index is 12.6. The van der Waals surface area contributed by atoms with Crippen molar-refractivity contribution < 1.29 is 24.5 Å². The Morgan fingerprint density at radius 1 is 1.21 bits per heavy atom. The molecule has 1 amide bonds. The number of aromatic hydroxyl groups is 1. The number of carboxylic acid groups (broad SMARTS) is 1. The van der Waals surface area contributed by atoms with Crippen LogP contribution in [0.25, 0.3) is 0 Å². The summed E-state index contributed by atoms with van der Waals surface area (Å²) in [6.07, 6.45) is 1.78. The minimum absolute atomic E-state index is 0.00666. The number of carbonyl (C=O) groups excluding carboxylic acids is 1. The second kappa shape index (κ2) is 6.81. The van der Waals surface area contributed by atoms with Crippen LogP contribution in [0.4, 0.5) is 0 Å². The van der Waals surface area contributed by atoms with Crippen molar-refractivity contribution in [1.29, 1.82) is 0 Å². The highest BCUT2D eigenvalue weighted by Gasteiger charge is 2.40. The van der Waals surface area contributed by atoms with Crippen LogP contribution in [0.5, 0.6) is 5.75 Å². The van der Waals surface area contributed by atoms with Gasteiger partial charge in [0.05, 0.1) is 17.6 Å². The predicted molar refractivity (Wildman–Crippen MR) is 87.0 cm³/mol. The number of carboxylic acids is 1. The molecular formula is C18H23NO5. The molecule has 24 heavy (non-hydrogen) atoms. The van der Waals surface area contributed by atoms with Gasteiger partial charge in [0.1, 0.15) is 5.75 Å². The molecule has 2 aliphatic heterocycles. The van der Waals surface area contributed by atoms with Crippen LogP contribution < -0.4 is 0 Å². The Balaban J connectivity index is 1.62. The molecule has 0 radical (unpaired) electrons. The van der Waals surface area contributed by atoms with Crippen molar-refractivity contribution in [2.24, 2.45) is 11.8 Å². The number of nitrogens with zero attached hydrogens (tertiary/aromatic N) is 1. The van der Waals surface area contributed by atoms with Crippen molar-refractivity contribution in [3.63, 3.8) is 0 Å². The lowest BCUT2D eigenvalue weighted by Crippen LogP contribution is -2.43. The van der Waals surface area contributed by atoms with Crippen LogP contribution in [0.15, 0.2) is 18.2 Å². The van der Waals surface area contributed by atoms with Crippen molar-refractivity contribution in [2.75, 3.05) is 19.7 Å². The monoisotopic (exact) mass is 333 g/mol. The number of phenolic OH excluding ortho intramolecular Hbond substituents is 1. The molecule has 6 heteroatoms. The van der Waals surface area contributed by atoms with E-state index in [4.69, 9.17) is 4.74 Å². The zero-order chi connectivity index (χ0) is 17.3. The Kier molecular flexibility index (Phi) is 4.76. The first-order chi connectivity index (χ1) is 11.5.